The van der Waals surface area contributed by atoms with Crippen LogP contribution in [-0.4, -0.2) is 69.7 Å². The van der Waals surface area contributed by atoms with E-state index >= 15 is 0 Å². The molecule has 0 radical (unpaired) electrons. The molecule has 12 heteroatoms. The topological polar surface area (TPSA) is 111 Å². The Bertz CT molecular complexity index is 877. The quantitative estimate of drug-likeness (QED) is 0.742. The zero-order valence-electron chi connectivity index (χ0n) is 17.0. The average Bonchev–Trinajstić information content (AvgIpc) is 3.37. The summed E-state index contributed by atoms with van der Waals surface area (Å²) in [5.41, 5.74) is 1.12. The molecule has 3 atom stereocenters. The minimum atomic E-state index is -5.08. The standard InChI is InChI=1S/C17H22N4O3.C2HF3O2/c1-11-19-16(24-20-11)7-14-6-13-9-21(10-15(13)23-14)8-12-4-3-5-18-17(12)22-2;3-2(4,5)1(6)7/h3-5,13-15H,6-10H2,1-2H3;(H,6,7)/t13-,14-,15+;/m0./s1. The van der Waals surface area contributed by atoms with Crippen molar-refractivity contribution < 1.29 is 37.1 Å². The number of carboxylic acid groups (broad SMARTS) is 1. The molecule has 0 unspecified atom stereocenters. The average molecular weight is 444 g/mol. The van der Waals surface area contributed by atoms with Crippen molar-refractivity contribution >= 4 is 5.97 Å². The summed E-state index contributed by atoms with van der Waals surface area (Å²) in [6.07, 6.45) is -1.08. The number of hydrogen-bond donors (Lipinski definition) is 1. The van der Waals surface area contributed by atoms with Crippen LogP contribution in [0.25, 0.3) is 0 Å². The maximum Gasteiger partial charge on any atom is 0.490 e. The number of methoxy groups -OCH3 is 1. The number of hydrogen-bond acceptors (Lipinski definition) is 8. The van der Waals surface area contributed by atoms with Gasteiger partial charge in [0.1, 0.15) is 0 Å². The fourth-order valence-electron chi connectivity index (χ4n) is 3.80. The number of aliphatic carboxylic acids is 1. The third-order valence-corrected chi connectivity index (χ3v) is 5.04. The molecule has 2 aromatic heterocycles. The third-order valence-electron chi connectivity index (χ3n) is 5.04. The molecule has 0 bridgehead atoms. The van der Waals surface area contributed by atoms with E-state index in [9.17, 15) is 13.2 Å². The zero-order chi connectivity index (χ0) is 22.6. The number of aromatic nitrogens is 3. The summed E-state index contributed by atoms with van der Waals surface area (Å²) in [7, 11) is 1.66. The van der Waals surface area contributed by atoms with Gasteiger partial charge in [-0.15, -0.1) is 0 Å². The molecule has 4 rings (SSSR count). The molecule has 1 N–H and O–H groups in total. The van der Waals surface area contributed by atoms with Crippen molar-refractivity contribution in [1.29, 1.82) is 0 Å². The lowest BCUT2D eigenvalue weighted by atomic mass is 10.0. The van der Waals surface area contributed by atoms with E-state index < -0.39 is 12.1 Å². The number of carboxylic acids is 1. The highest BCUT2D eigenvalue weighted by atomic mass is 19.4. The minimum absolute atomic E-state index is 0.190. The van der Waals surface area contributed by atoms with Crippen LogP contribution >= 0.6 is 0 Å². The molecule has 0 aliphatic carbocycles. The molecule has 2 fully saturated rings. The van der Waals surface area contributed by atoms with Crippen molar-refractivity contribution in [3.8, 4) is 5.88 Å². The molecule has 31 heavy (non-hydrogen) atoms. The minimum Gasteiger partial charge on any atom is -0.481 e. The molecule has 0 spiro atoms. The van der Waals surface area contributed by atoms with Gasteiger partial charge in [-0.1, -0.05) is 11.2 Å². The normalized spacial score (nSPS) is 23.2. The molecule has 9 nitrogen and oxygen atoms in total. The smallest absolute Gasteiger partial charge is 0.481 e. The summed E-state index contributed by atoms with van der Waals surface area (Å²) in [4.78, 5) is 19.9. The first-order valence-electron chi connectivity index (χ1n) is 9.60. The van der Waals surface area contributed by atoms with Gasteiger partial charge in [0.25, 0.3) is 0 Å². The lowest BCUT2D eigenvalue weighted by Gasteiger charge is -2.19. The fourth-order valence-corrected chi connectivity index (χ4v) is 3.80. The van der Waals surface area contributed by atoms with Gasteiger partial charge in [-0.25, -0.2) is 9.78 Å². The fraction of sp³-hybridized carbons (Fsp3) is 0.579. The van der Waals surface area contributed by atoms with Crippen LogP contribution in [0.2, 0.25) is 0 Å². The van der Waals surface area contributed by atoms with E-state index in [0.29, 0.717) is 36.0 Å². The monoisotopic (exact) mass is 444 g/mol. The lowest BCUT2D eigenvalue weighted by Crippen LogP contribution is -2.25. The van der Waals surface area contributed by atoms with Crippen molar-refractivity contribution in [2.75, 3.05) is 20.2 Å². The first-order valence-corrected chi connectivity index (χ1v) is 9.60. The Morgan fingerprint density at radius 3 is 2.71 bits per heavy atom. The van der Waals surface area contributed by atoms with Crippen LogP contribution < -0.4 is 4.74 Å². The number of nitrogens with zero attached hydrogens (tertiary/aromatic N) is 4. The Kier molecular flexibility index (Phi) is 7.11. The van der Waals surface area contributed by atoms with Crippen molar-refractivity contribution in [3.05, 3.63) is 35.6 Å². The number of pyridine rings is 1. The SMILES string of the molecule is COc1ncccc1CN1C[C@@H]2C[C@@H](Cc3nc(C)no3)O[C@@H]2C1.O=C(O)C(F)(F)F. The molecule has 2 aromatic rings. The molecule has 2 aliphatic heterocycles. The van der Waals surface area contributed by atoms with Crippen LogP contribution in [0.15, 0.2) is 22.9 Å². The van der Waals surface area contributed by atoms with Gasteiger partial charge >= 0.3 is 12.1 Å². The number of carbonyl (C=O) groups is 1. The van der Waals surface area contributed by atoms with Crippen LogP contribution in [0, 0.1) is 12.8 Å². The number of halogens is 3. The first kappa shape index (κ1) is 22.9. The Hall–Kier alpha value is -2.73. The van der Waals surface area contributed by atoms with E-state index in [1.807, 2.05) is 13.0 Å². The molecule has 170 valence electrons. The van der Waals surface area contributed by atoms with Crippen LogP contribution in [0.5, 0.6) is 5.88 Å². The number of aryl methyl sites for hydroxylation is 1. The Labute approximate surface area is 176 Å². The summed E-state index contributed by atoms with van der Waals surface area (Å²) < 4.78 is 48.5. The van der Waals surface area contributed by atoms with Crippen molar-refractivity contribution in [3.63, 3.8) is 0 Å². The highest BCUT2D eigenvalue weighted by Gasteiger charge is 2.42. The van der Waals surface area contributed by atoms with Crippen molar-refractivity contribution in [2.24, 2.45) is 5.92 Å². The van der Waals surface area contributed by atoms with E-state index in [4.69, 9.17) is 23.9 Å². The second-order valence-corrected chi connectivity index (χ2v) is 7.40. The molecule has 2 saturated heterocycles. The Balaban J connectivity index is 0.000000339. The second kappa shape index (κ2) is 9.60. The summed E-state index contributed by atoms with van der Waals surface area (Å²) >= 11 is 0. The van der Waals surface area contributed by atoms with Gasteiger partial charge in [0, 0.05) is 37.3 Å². The van der Waals surface area contributed by atoms with E-state index in [1.54, 1.807) is 13.3 Å². The van der Waals surface area contributed by atoms with Gasteiger partial charge in [0.2, 0.25) is 11.8 Å². The van der Waals surface area contributed by atoms with Crippen LogP contribution in [0.3, 0.4) is 0 Å². The summed E-state index contributed by atoms with van der Waals surface area (Å²) in [5, 5.41) is 11.0. The Morgan fingerprint density at radius 1 is 1.39 bits per heavy atom. The zero-order valence-corrected chi connectivity index (χ0v) is 17.0. The maximum atomic E-state index is 10.6. The largest absolute Gasteiger partial charge is 0.490 e. The van der Waals surface area contributed by atoms with E-state index in [1.165, 1.54) is 0 Å². The van der Waals surface area contributed by atoms with Gasteiger partial charge in [0.05, 0.1) is 25.7 Å². The lowest BCUT2D eigenvalue weighted by molar-refractivity contribution is -0.192. The molecule has 2 aliphatic rings. The molecule has 0 saturated carbocycles. The highest BCUT2D eigenvalue weighted by molar-refractivity contribution is 5.73. The van der Waals surface area contributed by atoms with Gasteiger partial charge in [-0.2, -0.15) is 18.2 Å². The van der Waals surface area contributed by atoms with Crippen molar-refractivity contribution in [2.45, 2.75) is 44.7 Å². The number of ether oxygens (including phenoxy) is 2. The molecular formula is C19H23F3N4O5. The number of fused-ring (bicyclic) bond motifs is 1. The predicted octanol–water partition coefficient (Wildman–Crippen LogP) is 2.25. The summed E-state index contributed by atoms with van der Waals surface area (Å²) in [6.45, 7) is 4.67. The third kappa shape index (κ3) is 6.14. The number of alkyl halides is 3. The molecular weight excluding hydrogens is 421 g/mol. The van der Waals surface area contributed by atoms with E-state index in [2.05, 4.69) is 26.1 Å². The maximum absolute atomic E-state index is 10.6. The van der Waals surface area contributed by atoms with Gasteiger partial charge in [-0.3, -0.25) is 4.90 Å². The van der Waals surface area contributed by atoms with Crippen LogP contribution in [-0.2, 0) is 22.5 Å². The first-order chi connectivity index (χ1) is 14.7. The van der Waals surface area contributed by atoms with E-state index in [-0.39, 0.29) is 6.10 Å². The summed E-state index contributed by atoms with van der Waals surface area (Å²) in [6, 6.07) is 4.02. The van der Waals surface area contributed by atoms with Gasteiger partial charge in [-0.05, 0) is 19.4 Å². The molecule has 0 amide bonds. The predicted molar refractivity (Wildman–Crippen MR) is 99.3 cm³/mol. The number of likely N-dealkylation sites (tertiary alicyclic amines) is 1. The van der Waals surface area contributed by atoms with Crippen LogP contribution in [0.1, 0.15) is 23.7 Å². The molecule has 0 aromatic carbocycles. The van der Waals surface area contributed by atoms with Gasteiger partial charge < -0.3 is 19.1 Å². The van der Waals surface area contributed by atoms with Crippen molar-refractivity contribution in [1.82, 2.24) is 20.0 Å². The number of rotatable bonds is 5. The van der Waals surface area contributed by atoms with E-state index in [0.717, 1.165) is 31.6 Å². The van der Waals surface area contributed by atoms with Gasteiger partial charge in [0.15, 0.2) is 5.82 Å². The Morgan fingerprint density at radius 2 is 2.13 bits per heavy atom. The second-order valence-electron chi connectivity index (χ2n) is 7.40. The highest BCUT2D eigenvalue weighted by Crippen LogP contribution is 2.35. The van der Waals surface area contributed by atoms with Crippen LogP contribution in [0.4, 0.5) is 13.2 Å². The molecule has 4 heterocycles. The summed E-state index contributed by atoms with van der Waals surface area (Å²) in [5.74, 6) is -0.122.